The Hall–Kier alpha value is -4.78. The number of benzene rings is 2. The zero-order chi connectivity index (χ0) is 30.0. The van der Waals surface area contributed by atoms with Crippen LogP contribution in [-0.4, -0.2) is 61.0 Å². The number of hydrogen-bond acceptors (Lipinski definition) is 8. The highest BCUT2D eigenvalue weighted by molar-refractivity contribution is 6.19. The van der Waals surface area contributed by atoms with Crippen LogP contribution >= 0.6 is 0 Å². The van der Waals surface area contributed by atoms with E-state index in [0.29, 0.717) is 36.2 Å². The Morgan fingerprint density at radius 2 is 1.86 bits per heavy atom. The monoisotopic (exact) mass is 579 g/mol. The number of hydrogen-bond donors (Lipinski definition) is 3. The molecule has 3 unspecified atom stereocenters. The van der Waals surface area contributed by atoms with Crippen LogP contribution in [0.4, 0.5) is 24.5 Å². The van der Waals surface area contributed by atoms with E-state index in [1.165, 1.54) is 7.11 Å². The number of benzodiazepines with no additional fused rings is 1. The van der Waals surface area contributed by atoms with E-state index in [4.69, 9.17) is 20.6 Å². The summed E-state index contributed by atoms with van der Waals surface area (Å²) in [5.74, 6) is -1.21. The minimum Gasteiger partial charge on any atom is -0.405 e. The van der Waals surface area contributed by atoms with Crippen molar-refractivity contribution in [3.05, 3.63) is 89.2 Å². The second-order valence-electron chi connectivity index (χ2n) is 9.90. The Morgan fingerprint density at radius 1 is 1.14 bits per heavy atom. The maximum absolute atomic E-state index is 13.5. The normalized spacial score (nSPS) is 20.8. The summed E-state index contributed by atoms with van der Waals surface area (Å²) in [6.45, 7) is 2.59. The molecule has 3 atom stereocenters. The van der Waals surface area contributed by atoms with Crippen LogP contribution in [0.15, 0.2) is 76.8 Å². The number of fused-ring (bicyclic) bond motifs is 1. The summed E-state index contributed by atoms with van der Waals surface area (Å²) in [7, 11) is 1.53. The predicted molar refractivity (Wildman–Crippen MR) is 152 cm³/mol. The van der Waals surface area contributed by atoms with Crippen molar-refractivity contribution in [2.24, 2.45) is 21.6 Å². The molecule has 3 heterocycles. The quantitative estimate of drug-likeness (QED) is 0.308. The molecule has 1 aromatic heterocycles. The average Bonchev–Trinajstić information content (AvgIpc) is 3.28. The van der Waals surface area contributed by atoms with Gasteiger partial charge in [0, 0.05) is 43.4 Å². The first kappa shape index (κ1) is 28.7. The number of aliphatic imine (C=N–C) groups is 2. The lowest BCUT2D eigenvalue weighted by Crippen LogP contribution is -2.30. The van der Waals surface area contributed by atoms with Gasteiger partial charge < -0.3 is 25.4 Å². The Morgan fingerprint density at radius 3 is 2.55 bits per heavy atom. The number of ether oxygens (including phenoxy) is 2. The summed E-state index contributed by atoms with van der Waals surface area (Å²) >= 11 is 0. The second-order valence-corrected chi connectivity index (χ2v) is 9.90. The highest BCUT2D eigenvalue weighted by Gasteiger charge is 2.36. The largest absolute Gasteiger partial charge is 0.417 e. The zero-order valence-electron chi connectivity index (χ0n) is 22.7. The molecule has 1 fully saturated rings. The van der Waals surface area contributed by atoms with Crippen molar-refractivity contribution in [1.29, 1.82) is 5.41 Å². The number of aromatic nitrogens is 1. The van der Waals surface area contributed by atoms with E-state index in [2.05, 4.69) is 20.3 Å². The van der Waals surface area contributed by atoms with Crippen LogP contribution in [-0.2, 0) is 20.4 Å². The fourth-order valence-electron chi connectivity index (χ4n) is 4.92. The Labute approximate surface area is 239 Å². The van der Waals surface area contributed by atoms with Crippen molar-refractivity contribution in [3.8, 4) is 0 Å². The molecule has 0 aliphatic carbocycles. The van der Waals surface area contributed by atoms with Crippen LogP contribution < -0.4 is 16.0 Å². The fourth-order valence-corrected chi connectivity index (χ4v) is 4.92. The van der Waals surface area contributed by atoms with Crippen molar-refractivity contribution in [1.82, 2.24) is 4.98 Å². The number of carbonyl (C=O) groups is 1. The molecular weight excluding hydrogens is 551 g/mol. The van der Waals surface area contributed by atoms with E-state index in [9.17, 15) is 18.0 Å². The number of nitrogens with two attached hydrogens (primary N) is 1. The molecule has 218 valence electrons. The first-order valence-electron chi connectivity index (χ1n) is 13.0. The van der Waals surface area contributed by atoms with Crippen molar-refractivity contribution in [3.63, 3.8) is 0 Å². The Bertz CT molecular complexity index is 1560. The number of amidine groups is 1. The lowest BCUT2D eigenvalue weighted by molar-refractivity contribution is -0.137. The van der Waals surface area contributed by atoms with Gasteiger partial charge in [-0.15, -0.1) is 0 Å². The van der Waals surface area contributed by atoms with E-state index >= 15 is 0 Å². The maximum atomic E-state index is 13.5. The van der Waals surface area contributed by atoms with Crippen LogP contribution in [0.2, 0.25) is 0 Å². The van der Waals surface area contributed by atoms with Gasteiger partial charge in [0.2, 0.25) is 12.1 Å². The molecule has 0 spiro atoms. The minimum absolute atomic E-state index is 0.0219. The first-order chi connectivity index (χ1) is 20.0. The lowest BCUT2D eigenvalue weighted by atomic mass is 10.0. The van der Waals surface area contributed by atoms with E-state index in [1.54, 1.807) is 17.0 Å². The highest BCUT2D eigenvalue weighted by atomic mass is 19.4. The molecule has 2 aliphatic rings. The van der Waals surface area contributed by atoms with Crippen molar-refractivity contribution in [2.45, 2.75) is 25.4 Å². The molecule has 2 aliphatic heterocycles. The molecule has 0 bridgehead atoms. The Kier molecular flexibility index (Phi) is 7.94. The minimum atomic E-state index is -4.64. The molecule has 42 heavy (non-hydrogen) atoms. The van der Waals surface area contributed by atoms with Crippen LogP contribution in [0.1, 0.15) is 29.3 Å². The van der Waals surface area contributed by atoms with Crippen LogP contribution in [0, 0.1) is 11.3 Å². The van der Waals surface area contributed by atoms with Crippen LogP contribution in [0.3, 0.4) is 0 Å². The van der Waals surface area contributed by atoms with Gasteiger partial charge in [0.25, 0.3) is 11.9 Å². The molecule has 3 aromatic rings. The number of para-hydroxylation sites is 1. The van der Waals surface area contributed by atoms with E-state index < -0.39 is 35.7 Å². The molecule has 0 saturated carbocycles. The van der Waals surface area contributed by atoms with Crippen LogP contribution in [0.5, 0.6) is 0 Å². The van der Waals surface area contributed by atoms with Crippen molar-refractivity contribution >= 4 is 34.9 Å². The number of rotatable bonds is 5. The van der Waals surface area contributed by atoms with Gasteiger partial charge >= 0.3 is 6.18 Å². The number of halogens is 3. The van der Waals surface area contributed by atoms with Gasteiger partial charge in [-0.05, 0) is 12.1 Å². The number of carbonyl (C=O) groups excluding carboxylic acids is 1. The van der Waals surface area contributed by atoms with Gasteiger partial charge in [0.15, 0.2) is 0 Å². The third-order valence-corrected chi connectivity index (χ3v) is 7.03. The maximum Gasteiger partial charge on any atom is 0.417 e. The lowest BCUT2D eigenvalue weighted by Gasteiger charge is -2.22. The van der Waals surface area contributed by atoms with Crippen LogP contribution in [0.25, 0.3) is 0 Å². The zero-order valence-corrected chi connectivity index (χ0v) is 22.7. The predicted octanol–water partition coefficient (Wildman–Crippen LogP) is 4.04. The molecule has 2 aromatic carbocycles. The number of nitrogens with zero attached hydrogens (tertiary/aromatic N) is 4. The number of nitrogens with one attached hydrogen (secondary N) is 2. The van der Waals surface area contributed by atoms with E-state index in [0.717, 1.165) is 11.6 Å². The molecule has 0 radical (unpaired) electrons. The van der Waals surface area contributed by atoms with Gasteiger partial charge in [-0.2, -0.15) is 18.2 Å². The number of amides is 1. The van der Waals surface area contributed by atoms with E-state index in [-0.39, 0.29) is 23.4 Å². The molecule has 5 rings (SSSR count). The third-order valence-electron chi connectivity index (χ3n) is 7.03. The smallest absolute Gasteiger partial charge is 0.405 e. The molecule has 13 heteroatoms. The fraction of sp³-hybridized carbons (Fsp3) is 0.276. The summed E-state index contributed by atoms with van der Waals surface area (Å²) in [4.78, 5) is 27.3. The first-order valence-corrected chi connectivity index (χ1v) is 13.0. The third kappa shape index (κ3) is 5.96. The molecule has 4 N–H and O–H groups in total. The van der Waals surface area contributed by atoms with Gasteiger partial charge in [0.1, 0.15) is 5.69 Å². The molecule has 10 nitrogen and oxygen atoms in total. The highest BCUT2D eigenvalue weighted by Crippen LogP contribution is 2.35. The number of alkyl halides is 3. The summed E-state index contributed by atoms with van der Waals surface area (Å²) in [5, 5.41) is 11.3. The standard InChI is InChI=1S/C29H28F3N7O3/c1-16-14-39(15-22(16)41-2)21-12-18(29(30,31)32)13-35-24(21)25(33)42-28(34)38-26-27(40)36-20-11-7-6-10-19(20)23(37-26)17-8-4-3-5-9-17/h3-13,16,22,26,33H,14-15H2,1-2H3,(H2,34,38)(H,36,40). The van der Waals surface area contributed by atoms with Gasteiger partial charge in [-0.1, -0.05) is 55.5 Å². The SMILES string of the molecule is COC1CN(c2cc(C(F)(F)F)cnc2C(=N)O/C(N)=N/C2N=C(c3ccccc3)c3ccccc3NC2=O)CC1C. The number of methoxy groups -OCH3 is 1. The average molecular weight is 580 g/mol. The summed E-state index contributed by atoms with van der Waals surface area (Å²) < 4.78 is 51.5. The summed E-state index contributed by atoms with van der Waals surface area (Å²) in [5.41, 5.74) is 7.35. The van der Waals surface area contributed by atoms with Gasteiger partial charge in [0.05, 0.1) is 28.8 Å². The van der Waals surface area contributed by atoms with Crippen molar-refractivity contribution in [2.75, 3.05) is 30.4 Å². The Balaban J connectivity index is 1.46. The topological polar surface area (TPSA) is 138 Å². The van der Waals surface area contributed by atoms with E-state index in [1.807, 2.05) is 49.4 Å². The van der Waals surface area contributed by atoms with Gasteiger partial charge in [-0.3, -0.25) is 10.2 Å². The molecule has 1 amide bonds. The summed E-state index contributed by atoms with van der Waals surface area (Å²) in [6, 6.07) is 16.7. The number of pyridine rings is 1. The molecular formula is C29H28F3N7O3. The van der Waals surface area contributed by atoms with Gasteiger partial charge in [-0.25, -0.2) is 9.98 Å². The number of anilines is 2. The molecule has 1 saturated heterocycles. The summed E-state index contributed by atoms with van der Waals surface area (Å²) in [6.07, 6.45) is -5.61. The van der Waals surface area contributed by atoms with Crippen molar-refractivity contribution < 1.29 is 27.4 Å². The second kappa shape index (κ2) is 11.6.